The van der Waals surface area contributed by atoms with Crippen LogP contribution >= 0.6 is 0 Å². The highest BCUT2D eigenvalue weighted by Gasteiger charge is 2.16. The third kappa shape index (κ3) is 4.12. The summed E-state index contributed by atoms with van der Waals surface area (Å²) >= 11 is 0. The maximum atomic E-state index is 11.9. The molecule has 2 rings (SSSR count). The molecule has 0 fully saturated rings. The van der Waals surface area contributed by atoms with Gasteiger partial charge in [-0.3, -0.25) is 4.79 Å². The molecule has 0 bridgehead atoms. The first-order valence-corrected chi connectivity index (χ1v) is 7.29. The fourth-order valence-corrected chi connectivity index (χ4v) is 2.02. The molecule has 0 atom stereocenters. The lowest BCUT2D eigenvalue weighted by atomic mass is 10.2. The van der Waals surface area contributed by atoms with Crippen LogP contribution in [0.5, 0.6) is 17.2 Å². The molecule has 6 nitrogen and oxygen atoms in total. The Morgan fingerprint density at radius 2 is 2.13 bits per heavy atom. The molecule has 0 aliphatic rings. The van der Waals surface area contributed by atoms with Gasteiger partial charge in [0, 0.05) is 13.0 Å². The van der Waals surface area contributed by atoms with Crippen LogP contribution in [0.4, 0.5) is 0 Å². The summed E-state index contributed by atoms with van der Waals surface area (Å²) < 4.78 is 15.4. The number of hydrogen-bond donors (Lipinski definition) is 1. The van der Waals surface area contributed by atoms with E-state index in [1.54, 1.807) is 0 Å². The summed E-state index contributed by atoms with van der Waals surface area (Å²) in [6.45, 7) is 3.54. The van der Waals surface area contributed by atoms with E-state index in [1.807, 2.05) is 19.1 Å². The zero-order valence-corrected chi connectivity index (χ0v) is 13.0. The quantitative estimate of drug-likeness (QED) is 0.289. The second-order valence-electron chi connectivity index (χ2n) is 4.84. The molecule has 2 aromatic rings. The van der Waals surface area contributed by atoms with Crippen molar-refractivity contribution in [3.8, 4) is 17.2 Å². The average molecular weight is 318 g/mol. The molecular weight excluding hydrogens is 300 g/mol. The van der Waals surface area contributed by atoms with Crippen molar-refractivity contribution in [3.05, 3.63) is 40.8 Å². The summed E-state index contributed by atoms with van der Waals surface area (Å²) in [6, 6.07) is 4.36. The Hall–Kier alpha value is -2.76. The van der Waals surface area contributed by atoms with Gasteiger partial charge in [0.1, 0.15) is 11.3 Å². The Morgan fingerprint density at radius 3 is 2.83 bits per heavy atom. The monoisotopic (exact) mass is 318 g/mol. The standard InChI is InChI=1S/C17H18O6/c1-3-4-5-6-9-21-16-15(19)13-8-7-12(22-11(2)18)10-14(13)23-17(16)20/h4-5,7-8,10,19H,3,6,9H2,1-2H3. The van der Waals surface area contributed by atoms with E-state index in [2.05, 4.69) is 0 Å². The van der Waals surface area contributed by atoms with Gasteiger partial charge in [-0.25, -0.2) is 4.79 Å². The predicted molar refractivity (Wildman–Crippen MR) is 85.0 cm³/mol. The number of fused-ring (bicyclic) bond motifs is 1. The minimum atomic E-state index is -0.783. The van der Waals surface area contributed by atoms with E-state index in [4.69, 9.17) is 13.9 Å². The number of ether oxygens (including phenoxy) is 2. The zero-order valence-electron chi connectivity index (χ0n) is 13.0. The normalized spacial score (nSPS) is 11.0. The van der Waals surface area contributed by atoms with Gasteiger partial charge in [-0.15, -0.1) is 0 Å². The summed E-state index contributed by atoms with van der Waals surface area (Å²) in [5.41, 5.74) is -0.668. The van der Waals surface area contributed by atoms with Crippen molar-refractivity contribution < 1.29 is 23.8 Å². The number of allylic oxidation sites excluding steroid dienone is 1. The van der Waals surface area contributed by atoms with Gasteiger partial charge >= 0.3 is 11.6 Å². The van der Waals surface area contributed by atoms with Gasteiger partial charge in [0.05, 0.1) is 12.0 Å². The van der Waals surface area contributed by atoms with Crippen LogP contribution in [-0.2, 0) is 4.79 Å². The van der Waals surface area contributed by atoms with Gasteiger partial charge in [-0.1, -0.05) is 19.1 Å². The average Bonchev–Trinajstić information content (AvgIpc) is 2.49. The minimum Gasteiger partial charge on any atom is -0.504 e. The highest BCUT2D eigenvalue weighted by molar-refractivity contribution is 5.86. The fraction of sp³-hybridized carbons (Fsp3) is 0.294. The van der Waals surface area contributed by atoms with Crippen molar-refractivity contribution in [2.24, 2.45) is 0 Å². The molecule has 1 heterocycles. The largest absolute Gasteiger partial charge is 0.504 e. The maximum absolute atomic E-state index is 11.9. The Kier molecular flexibility index (Phi) is 5.41. The number of carbonyl (C=O) groups is 1. The molecule has 23 heavy (non-hydrogen) atoms. The molecule has 0 amide bonds. The van der Waals surface area contributed by atoms with E-state index < -0.39 is 11.6 Å². The summed E-state index contributed by atoms with van der Waals surface area (Å²) in [7, 11) is 0. The van der Waals surface area contributed by atoms with Crippen LogP contribution in [-0.4, -0.2) is 17.7 Å². The molecule has 1 aromatic heterocycles. The van der Waals surface area contributed by atoms with Crippen LogP contribution in [0.2, 0.25) is 0 Å². The molecule has 0 aliphatic heterocycles. The molecule has 0 saturated heterocycles. The van der Waals surface area contributed by atoms with Crippen molar-refractivity contribution >= 4 is 16.9 Å². The van der Waals surface area contributed by atoms with Gasteiger partial charge in [-0.05, 0) is 25.0 Å². The Bertz CT molecular complexity index is 788. The second-order valence-corrected chi connectivity index (χ2v) is 4.84. The highest BCUT2D eigenvalue weighted by Crippen LogP contribution is 2.33. The van der Waals surface area contributed by atoms with Gasteiger partial charge in [0.15, 0.2) is 5.75 Å². The van der Waals surface area contributed by atoms with E-state index in [0.717, 1.165) is 6.42 Å². The van der Waals surface area contributed by atoms with Crippen LogP contribution in [0, 0.1) is 0 Å². The maximum Gasteiger partial charge on any atom is 0.383 e. The van der Waals surface area contributed by atoms with Crippen LogP contribution in [0.3, 0.4) is 0 Å². The molecule has 0 radical (unpaired) electrons. The van der Waals surface area contributed by atoms with E-state index in [9.17, 15) is 14.7 Å². The molecule has 0 aliphatic carbocycles. The SMILES string of the molecule is CCC=CCCOc1c(O)c2ccc(OC(C)=O)cc2oc1=O. The van der Waals surface area contributed by atoms with E-state index in [-0.39, 0.29) is 29.4 Å². The van der Waals surface area contributed by atoms with Crippen LogP contribution < -0.4 is 15.1 Å². The highest BCUT2D eigenvalue weighted by atomic mass is 16.5. The molecule has 1 N–H and O–H groups in total. The molecule has 1 aromatic carbocycles. The number of aromatic hydroxyl groups is 1. The van der Waals surface area contributed by atoms with E-state index in [0.29, 0.717) is 11.8 Å². The topological polar surface area (TPSA) is 86.0 Å². The second kappa shape index (κ2) is 7.49. The molecule has 6 heteroatoms. The van der Waals surface area contributed by atoms with Gasteiger partial charge in [0.2, 0.25) is 5.75 Å². The van der Waals surface area contributed by atoms with Crippen molar-refractivity contribution in [3.63, 3.8) is 0 Å². The smallest absolute Gasteiger partial charge is 0.383 e. The number of hydrogen-bond acceptors (Lipinski definition) is 6. The first-order chi connectivity index (χ1) is 11.0. The Labute approximate surface area is 132 Å². The van der Waals surface area contributed by atoms with Gasteiger partial charge in [-0.2, -0.15) is 0 Å². The van der Waals surface area contributed by atoms with Crippen molar-refractivity contribution in [2.45, 2.75) is 26.7 Å². The summed E-state index contributed by atoms with van der Waals surface area (Å²) in [5, 5.41) is 10.5. The summed E-state index contributed by atoms with van der Waals surface area (Å²) in [6.07, 6.45) is 5.47. The Balaban J connectivity index is 2.28. The van der Waals surface area contributed by atoms with Crippen LogP contribution in [0.1, 0.15) is 26.7 Å². The van der Waals surface area contributed by atoms with Gasteiger partial charge in [0.25, 0.3) is 0 Å². The molecule has 0 saturated carbocycles. The lowest BCUT2D eigenvalue weighted by molar-refractivity contribution is -0.131. The van der Waals surface area contributed by atoms with E-state index in [1.165, 1.54) is 25.1 Å². The predicted octanol–water partition coefficient (Wildman–Crippen LogP) is 3.16. The summed E-state index contributed by atoms with van der Waals surface area (Å²) in [4.78, 5) is 22.9. The van der Waals surface area contributed by atoms with Crippen molar-refractivity contribution in [1.29, 1.82) is 0 Å². The van der Waals surface area contributed by atoms with E-state index >= 15 is 0 Å². The number of benzene rings is 1. The third-order valence-electron chi connectivity index (χ3n) is 3.01. The number of carbonyl (C=O) groups excluding carboxylic acids is 1. The number of rotatable bonds is 6. The molecule has 0 spiro atoms. The summed E-state index contributed by atoms with van der Waals surface area (Å²) in [5.74, 6) is -0.769. The number of esters is 1. The third-order valence-corrected chi connectivity index (χ3v) is 3.01. The van der Waals surface area contributed by atoms with Gasteiger partial charge < -0.3 is 19.0 Å². The molecule has 122 valence electrons. The molecular formula is C17H18O6. The molecule has 0 unspecified atom stereocenters. The Morgan fingerprint density at radius 1 is 1.35 bits per heavy atom. The minimum absolute atomic E-state index is 0.115. The lowest BCUT2D eigenvalue weighted by Gasteiger charge is -2.08. The first-order valence-electron chi connectivity index (χ1n) is 7.29. The first kappa shape index (κ1) is 16.6. The van der Waals surface area contributed by atoms with Crippen LogP contribution in [0.15, 0.2) is 39.6 Å². The zero-order chi connectivity index (χ0) is 16.8. The van der Waals surface area contributed by atoms with Crippen molar-refractivity contribution in [1.82, 2.24) is 0 Å². The van der Waals surface area contributed by atoms with Crippen LogP contribution in [0.25, 0.3) is 11.0 Å². The lowest BCUT2D eigenvalue weighted by Crippen LogP contribution is -2.08. The van der Waals surface area contributed by atoms with Crippen molar-refractivity contribution in [2.75, 3.05) is 6.61 Å². The fourth-order valence-electron chi connectivity index (χ4n) is 2.02.